The van der Waals surface area contributed by atoms with Gasteiger partial charge in [0.1, 0.15) is 23.3 Å². The van der Waals surface area contributed by atoms with Gasteiger partial charge in [-0.2, -0.15) is 4.31 Å². The lowest BCUT2D eigenvalue weighted by Crippen LogP contribution is -2.50. The predicted molar refractivity (Wildman–Crippen MR) is 144 cm³/mol. The van der Waals surface area contributed by atoms with E-state index in [1.807, 2.05) is 6.92 Å². The summed E-state index contributed by atoms with van der Waals surface area (Å²) < 4.78 is 60.5. The zero-order valence-electron chi connectivity index (χ0n) is 22.2. The summed E-state index contributed by atoms with van der Waals surface area (Å²) in [5, 5.41) is 9.84. The van der Waals surface area contributed by atoms with Gasteiger partial charge in [0.2, 0.25) is 15.9 Å². The molecule has 3 atom stereocenters. The highest BCUT2D eigenvalue weighted by Gasteiger charge is 2.36. The zero-order chi connectivity index (χ0) is 29.0. The summed E-state index contributed by atoms with van der Waals surface area (Å²) in [7, 11) is -2.67. The SMILES string of the molecule is C[C@H](CO)N1C[C@H](C)[C@H](CN(C)S(=O)(=O)c2cccc(F)c2)Oc2ncc(C#Cc3ccc(F)cc3)cc2C1=O. The Morgan fingerprint density at radius 1 is 1.12 bits per heavy atom. The monoisotopic (exact) mass is 569 g/mol. The van der Waals surface area contributed by atoms with Gasteiger partial charge in [0.15, 0.2) is 0 Å². The number of nitrogens with zero attached hydrogens (tertiary/aromatic N) is 3. The molecule has 0 fully saturated rings. The Balaban J connectivity index is 1.68. The molecule has 0 saturated heterocycles. The Bertz CT molecular complexity index is 1550. The molecule has 0 unspecified atom stereocenters. The maximum absolute atomic E-state index is 13.7. The fourth-order valence-corrected chi connectivity index (χ4v) is 5.44. The number of aliphatic hydroxyl groups excluding tert-OH is 1. The van der Waals surface area contributed by atoms with E-state index < -0.39 is 33.9 Å². The molecule has 3 aromatic rings. The standard InChI is InChI=1S/C29H29F2N3O5S/c1-19-16-34(20(2)18-35)29(36)26-13-22(8-7-21-9-11-23(30)12-10-21)15-32-28(26)39-27(19)17-33(3)40(37,38)25-6-4-5-24(31)14-25/h4-6,9-15,19-20,27,35H,16-18H2,1-3H3/t19-,20+,27-/m0/s1. The summed E-state index contributed by atoms with van der Waals surface area (Å²) in [5.41, 5.74) is 1.09. The molecule has 1 aliphatic heterocycles. The summed E-state index contributed by atoms with van der Waals surface area (Å²) in [6, 6.07) is 11.4. The number of pyridine rings is 1. The van der Waals surface area contributed by atoms with E-state index in [1.54, 1.807) is 6.92 Å². The van der Waals surface area contributed by atoms with Crippen molar-refractivity contribution in [1.82, 2.24) is 14.2 Å². The van der Waals surface area contributed by atoms with Crippen molar-refractivity contribution in [1.29, 1.82) is 0 Å². The van der Waals surface area contributed by atoms with Gasteiger partial charge in [0.05, 0.1) is 24.1 Å². The Morgan fingerprint density at radius 2 is 1.82 bits per heavy atom. The largest absolute Gasteiger partial charge is 0.472 e. The summed E-state index contributed by atoms with van der Waals surface area (Å²) in [4.78, 5) is 19.2. The first kappa shape index (κ1) is 29.1. The summed E-state index contributed by atoms with van der Waals surface area (Å²) in [6.07, 6.45) is 0.691. The van der Waals surface area contributed by atoms with Crippen LogP contribution in [0.1, 0.15) is 35.3 Å². The molecule has 4 rings (SSSR count). The fourth-order valence-electron chi connectivity index (χ4n) is 4.23. The molecule has 8 nitrogen and oxygen atoms in total. The summed E-state index contributed by atoms with van der Waals surface area (Å²) in [6.45, 7) is 3.29. The summed E-state index contributed by atoms with van der Waals surface area (Å²) in [5.74, 6) is 3.97. The van der Waals surface area contributed by atoms with E-state index in [0.29, 0.717) is 11.1 Å². The van der Waals surface area contributed by atoms with E-state index >= 15 is 0 Å². The lowest BCUT2D eigenvalue weighted by molar-refractivity contribution is 0.0373. The minimum absolute atomic E-state index is 0.000533. The van der Waals surface area contributed by atoms with E-state index in [1.165, 1.54) is 60.6 Å². The predicted octanol–water partition coefficient (Wildman–Crippen LogP) is 3.30. The van der Waals surface area contributed by atoms with E-state index in [4.69, 9.17) is 4.74 Å². The number of rotatable bonds is 6. The van der Waals surface area contributed by atoms with Gasteiger partial charge in [0.25, 0.3) is 5.91 Å². The average molecular weight is 570 g/mol. The maximum Gasteiger partial charge on any atom is 0.259 e. The van der Waals surface area contributed by atoms with Gasteiger partial charge in [-0.15, -0.1) is 0 Å². The van der Waals surface area contributed by atoms with Crippen LogP contribution in [0, 0.1) is 29.4 Å². The van der Waals surface area contributed by atoms with Crippen LogP contribution in [0.2, 0.25) is 0 Å². The lowest BCUT2D eigenvalue weighted by atomic mass is 10.0. The van der Waals surface area contributed by atoms with Crippen LogP contribution in [0.3, 0.4) is 0 Å². The molecular weight excluding hydrogens is 540 g/mol. The van der Waals surface area contributed by atoms with Crippen LogP contribution in [0.15, 0.2) is 65.7 Å². The van der Waals surface area contributed by atoms with Crippen molar-refractivity contribution in [3.63, 3.8) is 0 Å². The number of halogens is 2. The lowest BCUT2D eigenvalue weighted by Gasteiger charge is -2.37. The number of aromatic nitrogens is 1. The van der Waals surface area contributed by atoms with Crippen molar-refractivity contribution in [2.45, 2.75) is 30.9 Å². The first-order chi connectivity index (χ1) is 19.0. The molecule has 0 spiro atoms. The smallest absolute Gasteiger partial charge is 0.259 e. The van der Waals surface area contributed by atoms with Crippen molar-refractivity contribution in [2.24, 2.45) is 5.92 Å². The van der Waals surface area contributed by atoms with Crippen LogP contribution in [0.4, 0.5) is 8.78 Å². The maximum atomic E-state index is 13.7. The number of amides is 1. The van der Waals surface area contributed by atoms with E-state index in [-0.39, 0.29) is 47.8 Å². The second-order valence-corrected chi connectivity index (χ2v) is 11.7. The molecule has 40 heavy (non-hydrogen) atoms. The van der Waals surface area contributed by atoms with Crippen LogP contribution in [-0.4, -0.2) is 72.5 Å². The van der Waals surface area contributed by atoms with Crippen LogP contribution >= 0.6 is 0 Å². The highest BCUT2D eigenvalue weighted by molar-refractivity contribution is 7.89. The third-order valence-corrected chi connectivity index (χ3v) is 8.48. The van der Waals surface area contributed by atoms with Gasteiger partial charge in [-0.1, -0.05) is 24.8 Å². The molecule has 2 aromatic carbocycles. The number of aliphatic hydroxyl groups is 1. The van der Waals surface area contributed by atoms with Gasteiger partial charge in [0, 0.05) is 36.8 Å². The molecule has 0 saturated carbocycles. The molecule has 0 bridgehead atoms. The van der Waals surface area contributed by atoms with Crippen LogP contribution in [0.25, 0.3) is 0 Å². The van der Waals surface area contributed by atoms with Gasteiger partial charge >= 0.3 is 0 Å². The zero-order valence-corrected chi connectivity index (χ0v) is 23.0. The molecular formula is C29H29F2N3O5S. The fraction of sp³-hybridized carbons (Fsp3) is 0.310. The Labute approximate surface area is 232 Å². The third kappa shape index (κ3) is 6.47. The Kier molecular flexibility index (Phi) is 8.83. The van der Waals surface area contributed by atoms with Gasteiger partial charge < -0.3 is 14.7 Å². The number of carbonyl (C=O) groups is 1. The van der Waals surface area contributed by atoms with E-state index in [2.05, 4.69) is 16.8 Å². The number of carbonyl (C=O) groups excluding carboxylic acids is 1. The number of benzene rings is 2. The number of hydrogen-bond donors (Lipinski definition) is 1. The van der Waals surface area contributed by atoms with Crippen molar-refractivity contribution in [2.75, 3.05) is 26.7 Å². The Hall–Kier alpha value is -3.85. The van der Waals surface area contributed by atoms with Crippen LogP contribution < -0.4 is 4.74 Å². The van der Waals surface area contributed by atoms with Gasteiger partial charge in [-0.25, -0.2) is 22.2 Å². The number of sulfonamides is 1. The summed E-state index contributed by atoms with van der Waals surface area (Å²) >= 11 is 0. The van der Waals surface area contributed by atoms with E-state index in [9.17, 15) is 27.1 Å². The average Bonchev–Trinajstić information content (AvgIpc) is 2.94. The number of ether oxygens (including phenoxy) is 1. The first-order valence-corrected chi connectivity index (χ1v) is 14.0. The van der Waals surface area contributed by atoms with Crippen LogP contribution in [-0.2, 0) is 10.0 Å². The second kappa shape index (κ2) is 12.1. The van der Waals surface area contributed by atoms with Crippen molar-refractivity contribution in [3.05, 3.63) is 89.1 Å². The topological polar surface area (TPSA) is 100 Å². The number of hydrogen-bond acceptors (Lipinski definition) is 6. The normalized spacial score (nSPS) is 18.2. The highest BCUT2D eigenvalue weighted by atomic mass is 32.2. The molecule has 2 heterocycles. The minimum Gasteiger partial charge on any atom is -0.472 e. The van der Waals surface area contributed by atoms with Crippen molar-refractivity contribution < 1.29 is 31.8 Å². The number of fused-ring (bicyclic) bond motifs is 1. The number of likely N-dealkylation sites (N-methyl/N-ethyl adjacent to an activating group) is 1. The molecule has 1 aromatic heterocycles. The highest BCUT2D eigenvalue weighted by Crippen LogP contribution is 2.28. The van der Waals surface area contributed by atoms with Gasteiger partial charge in [-0.3, -0.25) is 4.79 Å². The second-order valence-electron chi connectivity index (χ2n) is 9.70. The molecule has 1 N–H and O–H groups in total. The van der Waals surface area contributed by atoms with Crippen molar-refractivity contribution >= 4 is 15.9 Å². The Morgan fingerprint density at radius 3 is 2.50 bits per heavy atom. The molecule has 210 valence electrons. The minimum atomic E-state index is -4.04. The van der Waals surface area contributed by atoms with E-state index in [0.717, 1.165) is 16.4 Å². The van der Waals surface area contributed by atoms with Gasteiger partial charge in [-0.05, 0) is 55.5 Å². The molecule has 0 radical (unpaired) electrons. The quantitative estimate of drug-likeness (QED) is 0.458. The third-order valence-electron chi connectivity index (χ3n) is 6.66. The molecule has 0 aliphatic carbocycles. The van der Waals surface area contributed by atoms with Crippen molar-refractivity contribution in [3.8, 4) is 17.7 Å². The molecule has 11 heteroatoms. The molecule has 1 amide bonds. The van der Waals surface area contributed by atoms with Crippen LogP contribution in [0.5, 0.6) is 5.88 Å². The first-order valence-electron chi connectivity index (χ1n) is 12.6. The molecule has 1 aliphatic rings.